The summed E-state index contributed by atoms with van der Waals surface area (Å²) >= 11 is 3.30. The van der Waals surface area contributed by atoms with Crippen LogP contribution in [0, 0.1) is 11.3 Å². The zero-order valence-electron chi connectivity index (χ0n) is 8.39. The van der Waals surface area contributed by atoms with Gasteiger partial charge < -0.3 is 5.73 Å². The summed E-state index contributed by atoms with van der Waals surface area (Å²) < 4.78 is 2.54. The number of hydrogen-bond acceptors (Lipinski definition) is 3. The quantitative estimate of drug-likeness (QED) is 0.914. The van der Waals surface area contributed by atoms with Crippen LogP contribution in [0.25, 0.3) is 0 Å². The molecule has 2 N–H and O–H groups in total. The lowest BCUT2D eigenvalue weighted by Crippen LogP contribution is -2.00. The van der Waals surface area contributed by atoms with Gasteiger partial charge in [0, 0.05) is 6.20 Å². The average molecular weight is 277 g/mol. The van der Waals surface area contributed by atoms with Gasteiger partial charge in [-0.25, -0.2) is 0 Å². The Balaban J connectivity index is 2.18. The zero-order chi connectivity index (χ0) is 11.5. The van der Waals surface area contributed by atoms with E-state index in [4.69, 9.17) is 11.0 Å². The largest absolute Gasteiger partial charge is 0.381 e. The molecule has 1 aromatic heterocycles. The Kier molecular flexibility index (Phi) is 2.93. The van der Waals surface area contributed by atoms with E-state index in [0.29, 0.717) is 17.9 Å². The highest BCUT2D eigenvalue weighted by atomic mass is 79.9. The first-order valence-electron chi connectivity index (χ1n) is 4.66. The summed E-state index contributed by atoms with van der Waals surface area (Å²) in [5.74, 6) is 0.480. The summed E-state index contributed by atoms with van der Waals surface area (Å²) in [6, 6.07) is 9.47. The fraction of sp³-hybridized carbons (Fsp3) is 0.0909. The molecule has 1 aromatic carbocycles. The second-order valence-corrected chi connectivity index (χ2v) is 4.22. The molecule has 0 aliphatic heterocycles. The summed E-state index contributed by atoms with van der Waals surface area (Å²) in [6.07, 6.45) is 1.83. The Morgan fingerprint density at radius 3 is 2.56 bits per heavy atom. The number of nitriles is 1. The van der Waals surface area contributed by atoms with Gasteiger partial charge in [-0.15, -0.1) is 0 Å². The number of aromatic nitrogens is 2. The average Bonchev–Trinajstić information content (AvgIpc) is 2.59. The molecule has 0 spiro atoms. The summed E-state index contributed by atoms with van der Waals surface area (Å²) in [6.45, 7) is 0.640. The van der Waals surface area contributed by atoms with Gasteiger partial charge in [-0.2, -0.15) is 10.4 Å². The van der Waals surface area contributed by atoms with E-state index >= 15 is 0 Å². The van der Waals surface area contributed by atoms with Crippen molar-refractivity contribution in [3.05, 3.63) is 46.1 Å². The third kappa shape index (κ3) is 2.23. The third-order valence-electron chi connectivity index (χ3n) is 2.17. The smallest absolute Gasteiger partial charge is 0.159 e. The van der Waals surface area contributed by atoms with Crippen LogP contribution in [0.4, 0.5) is 5.82 Å². The monoisotopic (exact) mass is 276 g/mol. The molecule has 16 heavy (non-hydrogen) atoms. The summed E-state index contributed by atoms with van der Waals surface area (Å²) in [5, 5.41) is 12.8. The van der Waals surface area contributed by atoms with Crippen molar-refractivity contribution in [1.82, 2.24) is 9.78 Å². The zero-order valence-corrected chi connectivity index (χ0v) is 9.98. The first kappa shape index (κ1) is 10.7. The highest BCUT2D eigenvalue weighted by molar-refractivity contribution is 9.10. The van der Waals surface area contributed by atoms with Gasteiger partial charge in [0.1, 0.15) is 0 Å². The Bertz CT molecular complexity index is 517. The molecule has 0 radical (unpaired) electrons. The van der Waals surface area contributed by atoms with Crippen molar-refractivity contribution >= 4 is 21.7 Å². The van der Waals surface area contributed by atoms with Crippen molar-refractivity contribution in [3.63, 3.8) is 0 Å². The van der Waals surface area contributed by atoms with Crippen LogP contribution in [-0.2, 0) is 6.54 Å². The minimum Gasteiger partial charge on any atom is -0.381 e. The van der Waals surface area contributed by atoms with Crippen molar-refractivity contribution in [3.8, 4) is 6.07 Å². The maximum Gasteiger partial charge on any atom is 0.159 e. The number of hydrogen-bond donors (Lipinski definition) is 1. The molecule has 0 bridgehead atoms. The lowest BCUT2D eigenvalue weighted by atomic mass is 10.1. The number of benzene rings is 1. The van der Waals surface area contributed by atoms with Gasteiger partial charge in [0.05, 0.1) is 22.7 Å². The molecule has 0 saturated heterocycles. The second kappa shape index (κ2) is 4.37. The van der Waals surface area contributed by atoms with Gasteiger partial charge in [0.15, 0.2) is 5.82 Å². The van der Waals surface area contributed by atoms with Crippen molar-refractivity contribution in [2.45, 2.75) is 6.54 Å². The summed E-state index contributed by atoms with van der Waals surface area (Å²) in [5.41, 5.74) is 7.35. The molecule has 0 saturated carbocycles. The molecule has 0 aliphatic carbocycles. The first-order chi connectivity index (χ1) is 7.69. The van der Waals surface area contributed by atoms with E-state index in [9.17, 15) is 0 Å². The molecule has 0 atom stereocenters. The van der Waals surface area contributed by atoms with Gasteiger partial charge in [-0.05, 0) is 33.6 Å². The SMILES string of the molecule is N#Cc1ccc(Cn2cc(Br)c(N)n2)cc1. The third-order valence-corrected chi connectivity index (χ3v) is 2.78. The fourth-order valence-corrected chi connectivity index (χ4v) is 1.68. The van der Waals surface area contributed by atoms with Crippen LogP contribution < -0.4 is 5.73 Å². The predicted octanol–water partition coefficient (Wildman–Crippen LogP) is 2.15. The molecule has 0 amide bonds. The highest BCUT2D eigenvalue weighted by Gasteiger charge is 2.02. The number of nitrogens with zero attached hydrogens (tertiary/aromatic N) is 3. The van der Waals surface area contributed by atoms with E-state index in [1.165, 1.54) is 0 Å². The second-order valence-electron chi connectivity index (χ2n) is 3.37. The van der Waals surface area contributed by atoms with E-state index in [2.05, 4.69) is 27.1 Å². The van der Waals surface area contributed by atoms with Crippen LogP contribution in [0.3, 0.4) is 0 Å². The molecular formula is C11H9BrN4. The van der Waals surface area contributed by atoms with Crippen LogP contribution in [-0.4, -0.2) is 9.78 Å². The lowest BCUT2D eigenvalue weighted by molar-refractivity contribution is 0.690. The maximum atomic E-state index is 8.67. The van der Waals surface area contributed by atoms with Gasteiger partial charge in [-0.1, -0.05) is 12.1 Å². The Labute approximate surface area is 101 Å². The number of nitrogens with two attached hydrogens (primary N) is 1. The van der Waals surface area contributed by atoms with Crippen LogP contribution >= 0.6 is 15.9 Å². The number of nitrogen functional groups attached to an aromatic ring is 1. The summed E-state index contributed by atoms with van der Waals surface area (Å²) in [4.78, 5) is 0. The van der Waals surface area contributed by atoms with Crippen LogP contribution in [0.1, 0.15) is 11.1 Å². The molecular weight excluding hydrogens is 268 g/mol. The van der Waals surface area contributed by atoms with E-state index in [0.717, 1.165) is 10.0 Å². The van der Waals surface area contributed by atoms with E-state index in [1.54, 1.807) is 16.8 Å². The number of halogens is 1. The number of anilines is 1. The molecule has 1 heterocycles. The molecule has 0 aliphatic rings. The van der Waals surface area contributed by atoms with Crippen molar-refractivity contribution < 1.29 is 0 Å². The predicted molar refractivity (Wildman–Crippen MR) is 64.6 cm³/mol. The van der Waals surface area contributed by atoms with Crippen molar-refractivity contribution in [1.29, 1.82) is 5.26 Å². The van der Waals surface area contributed by atoms with Crippen molar-refractivity contribution in [2.24, 2.45) is 0 Å². The highest BCUT2D eigenvalue weighted by Crippen LogP contribution is 2.17. The minimum absolute atomic E-state index is 0.480. The Morgan fingerprint density at radius 2 is 2.06 bits per heavy atom. The minimum atomic E-state index is 0.480. The molecule has 2 aromatic rings. The summed E-state index contributed by atoms with van der Waals surface area (Å²) in [7, 11) is 0. The molecule has 0 fully saturated rings. The normalized spacial score (nSPS) is 10.0. The van der Waals surface area contributed by atoms with E-state index in [1.807, 2.05) is 18.3 Å². The molecule has 4 nitrogen and oxygen atoms in total. The Hall–Kier alpha value is -1.80. The van der Waals surface area contributed by atoms with Crippen LogP contribution in [0.15, 0.2) is 34.9 Å². The van der Waals surface area contributed by atoms with Crippen molar-refractivity contribution in [2.75, 3.05) is 5.73 Å². The molecule has 0 unspecified atom stereocenters. The first-order valence-corrected chi connectivity index (χ1v) is 5.46. The number of rotatable bonds is 2. The lowest BCUT2D eigenvalue weighted by Gasteiger charge is -2.01. The molecule has 80 valence electrons. The fourth-order valence-electron chi connectivity index (χ4n) is 1.36. The van der Waals surface area contributed by atoms with E-state index < -0.39 is 0 Å². The van der Waals surface area contributed by atoms with Gasteiger partial charge >= 0.3 is 0 Å². The van der Waals surface area contributed by atoms with Crippen LogP contribution in [0.5, 0.6) is 0 Å². The molecule has 2 rings (SSSR count). The topological polar surface area (TPSA) is 67.6 Å². The van der Waals surface area contributed by atoms with Crippen LogP contribution in [0.2, 0.25) is 0 Å². The maximum absolute atomic E-state index is 8.67. The van der Waals surface area contributed by atoms with Gasteiger partial charge in [0.25, 0.3) is 0 Å². The Morgan fingerprint density at radius 1 is 1.38 bits per heavy atom. The van der Waals surface area contributed by atoms with Gasteiger partial charge in [-0.3, -0.25) is 4.68 Å². The standard InChI is InChI=1S/C11H9BrN4/c12-10-7-16(15-11(10)14)6-9-3-1-8(5-13)2-4-9/h1-4,7H,6H2,(H2,14,15). The van der Waals surface area contributed by atoms with Gasteiger partial charge in [0.2, 0.25) is 0 Å². The van der Waals surface area contributed by atoms with E-state index in [-0.39, 0.29) is 0 Å². The molecule has 5 heteroatoms.